The molecular weight excluding hydrogens is 230 g/mol. The standard InChI is InChI=1S/C18H23N/c1-2-14-6-5-9-17(12-14)19-18-11-10-15-7-3-4-8-16(15)13-18/h1,5-6,9,12,15-16,18-19H,3-4,7-8,10-11,13H2. The number of fused-ring (bicyclic) bond motifs is 1. The molecule has 0 amide bonds. The van der Waals surface area contributed by atoms with Gasteiger partial charge in [-0.25, -0.2) is 0 Å². The van der Waals surface area contributed by atoms with Crippen LogP contribution in [0.2, 0.25) is 0 Å². The van der Waals surface area contributed by atoms with Crippen molar-refractivity contribution in [3.63, 3.8) is 0 Å². The summed E-state index contributed by atoms with van der Waals surface area (Å²) < 4.78 is 0. The minimum Gasteiger partial charge on any atom is -0.382 e. The normalized spacial score (nSPS) is 30.2. The fourth-order valence-electron chi connectivity index (χ4n) is 3.94. The van der Waals surface area contributed by atoms with Crippen molar-refractivity contribution in [2.24, 2.45) is 11.8 Å². The molecule has 1 aromatic rings. The Morgan fingerprint density at radius 2 is 1.89 bits per heavy atom. The Bertz CT molecular complexity index is 471. The summed E-state index contributed by atoms with van der Waals surface area (Å²) in [6, 6.07) is 8.90. The van der Waals surface area contributed by atoms with E-state index in [4.69, 9.17) is 6.42 Å². The van der Waals surface area contributed by atoms with Crippen LogP contribution in [-0.2, 0) is 0 Å². The van der Waals surface area contributed by atoms with Crippen molar-refractivity contribution >= 4 is 5.69 Å². The molecule has 0 aromatic heterocycles. The first kappa shape index (κ1) is 12.6. The molecule has 3 atom stereocenters. The van der Waals surface area contributed by atoms with Gasteiger partial charge in [0.2, 0.25) is 0 Å². The van der Waals surface area contributed by atoms with Gasteiger partial charge in [-0.05, 0) is 49.3 Å². The van der Waals surface area contributed by atoms with Crippen LogP contribution in [0.5, 0.6) is 0 Å². The van der Waals surface area contributed by atoms with Crippen molar-refractivity contribution < 1.29 is 0 Å². The fourth-order valence-corrected chi connectivity index (χ4v) is 3.94. The van der Waals surface area contributed by atoms with Crippen LogP contribution in [0, 0.1) is 24.2 Å². The predicted octanol–water partition coefficient (Wildman–Crippen LogP) is 4.44. The van der Waals surface area contributed by atoms with E-state index in [1.165, 1.54) is 50.6 Å². The number of anilines is 1. The second-order valence-corrected chi connectivity index (χ2v) is 6.18. The van der Waals surface area contributed by atoms with Crippen molar-refractivity contribution in [1.82, 2.24) is 0 Å². The summed E-state index contributed by atoms with van der Waals surface area (Å²) in [7, 11) is 0. The lowest BCUT2D eigenvalue weighted by atomic mass is 9.69. The van der Waals surface area contributed by atoms with Crippen LogP contribution in [0.15, 0.2) is 24.3 Å². The Morgan fingerprint density at radius 1 is 1.05 bits per heavy atom. The number of hydrogen-bond donors (Lipinski definition) is 1. The number of rotatable bonds is 2. The topological polar surface area (TPSA) is 12.0 Å². The van der Waals surface area contributed by atoms with E-state index in [0.717, 1.165) is 17.4 Å². The lowest BCUT2D eigenvalue weighted by molar-refractivity contribution is 0.162. The van der Waals surface area contributed by atoms with Crippen LogP contribution in [0.4, 0.5) is 5.69 Å². The third-order valence-corrected chi connectivity index (χ3v) is 4.94. The Balaban J connectivity index is 1.62. The van der Waals surface area contributed by atoms with Crippen molar-refractivity contribution in [3.05, 3.63) is 29.8 Å². The summed E-state index contributed by atoms with van der Waals surface area (Å²) in [6.45, 7) is 0. The van der Waals surface area contributed by atoms with E-state index in [9.17, 15) is 0 Å². The van der Waals surface area contributed by atoms with Crippen LogP contribution < -0.4 is 5.32 Å². The van der Waals surface area contributed by atoms with E-state index < -0.39 is 0 Å². The molecule has 2 fully saturated rings. The molecule has 1 nitrogen and oxygen atoms in total. The summed E-state index contributed by atoms with van der Waals surface area (Å²) in [5.41, 5.74) is 2.16. The number of benzene rings is 1. The summed E-state index contributed by atoms with van der Waals surface area (Å²) in [6.07, 6.45) is 15.4. The molecule has 3 rings (SSSR count). The van der Waals surface area contributed by atoms with Crippen LogP contribution in [-0.4, -0.2) is 6.04 Å². The Kier molecular flexibility index (Phi) is 3.78. The maximum Gasteiger partial charge on any atom is 0.0354 e. The zero-order valence-electron chi connectivity index (χ0n) is 11.6. The Hall–Kier alpha value is -1.42. The van der Waals surface area contributed by atoms with E-state index in [1.54, 1.807) is 0 Å². The van der Waals surface area contributed by atoms with Crippen LogP contribution in [0.25, 0.3) is 0 Å². The summed E-state index contributed by atoms with van der Waals surface area (Å²) in [5.74, 6) is 4.70. The highest BCUT2D eigenvalue weighted by Crippen LogP contribution is 2.41. The molecule has 1 N–H and O–H groups in total. The van der Waals surface area contributed by atoms with Crippen molar-refractivity contribution in [2.45, 2.75) is 51.0 Å². The highest BCUT2D eigenvalue weighted by atomic mass is 14.9. The average molecular weight is 253 g/mol. The summed E-state index contributed by atoms with van der Waals surface area (Å²) in [5, 5.41) is 3.69. The molecule has 100 valence electrons. The van der Waals surface area contributed by atoms with Gasteiger partial charge in [-0.2, -0.15) is 0 Å². The summed E-state index contributed by atoms with van der Waals surface area (Å²) in [4.78, 5) is 0. The van der Waals surface area contributed by atoms with Crippen LogP contribution >= 0.6 is 0 Å². The lowest BCUT2D eigenvalue weighted by Gasteiger charge is -2.39. The monoisotopic (exact) mass is 253 g/mol. The maximum atomic E-state index is 5.46. The number of nitrogens with one attached hydrogen (secondary N) is 1. The fraction of sp³-hybridized carbons (Fsp3) is 0.556. The molecule has 0 aliphatic heterocycles. The molecule has 3 unspecified atom stereocenters. The van der Waals surface area contributed by atoms with Crippen molar-refractivity contribution in [2.75, 3.05) is 5.32 Å². The van der Waals surface area contributed by atoms with Gasteiger partial charge >= 0.3 is 0 Å². The molecule has 0 heterocycles. The lowest BCUT2D eigenvalue weighted by Crippen LogP contribution is -2.34. The number of terminal acetylenes is 1. The second-order valence-electron chi connectivity index (χ2n) is 6.18. The van der Waals surface area contributed by atoms with Crippen molar-refractivity contribution in [3.8, 4) is 12.3 Å². The van der Waals surface area contributed by atoms with E-state index >= 15 is 0 Å². The molecular formula is C18H23N. The van der Waals surface area contributed by atoms with E-state index in [1.807, 2.05) is 12.1 Å². The number of hydrogen-bond acceptors (Lipinski definition) is 1. The maximum absolute atomic E-state index is 5.46. The highest BCUT2D eigenvalue weighted by molar-refractivity contribution is 5.50. The molecule has 2 saturated carbocycles. The van der Waals surface area contributed by atoms with Gasteiger partial charge in [-0.3, -0.25) is 0 Å². The van der Waals surface area contributed by atoms with Crippen LogP contribution in [0.1, 0.15) is 50.5 Å². The summed E-state index contributed by atoms with van der Waals surface area (Å²) >= 11 is 0. The molecule has 1 aromatic carbocycles. The zero-order chi connectivity index (χ0) is 13.1. The first-order valence-electron chi connectivity index (χ1n) is 7.68. The molecule has 0 spiro atoms. The van der Waals surface area contributed by atoms with Gasteiger partial charge in [0.05, 0.1) is 0 Å². The van der Waals surface area contributed by atoms with Gasteiger partial charge in [0.15, 0.2) is 0 Å². The van der Waals surface area contributed by atoms with E-state index in [-0.39, 0.29) is 0 Å². The minimum absolute atomic E-state index is 0.646. The smallest absolute Gasteiger partial charge is 0.0354 e. The minimum atomic E-state index is 0.646. The van der Waals surface area contributed by atoms with E-state index in [2.05, 4.69) is 23.4 Å². The average Bonchev–Trinajstić information content (AvgIpc) is 2.47. The zero-order valence-corrected chi connectivity index (χ0v) is 11.6. The second kappa shape index (κ2) is 5.70. The molecule has 0 bridgehead atoms. The third kappa shape index (κ3) is 2.95. The molecule has 2 aliphatic carbocycles. The van der Waals surface area contributed by atoms with Gasteiger partial charge < -0.3 is 5.32 Å². The largest absolute Gasteiger partial charge is 0.382 e. The van der Waals surface area contributed by atoms with E-state index in [0.29, 0.717) is 6.04 Å². The first-order chi connectivity index (χ1) is 9.35. The highest BCUT2D eigenvalue weighted by Gasteiger charge is 2.31. The van der Waals surface area contributed by atoms with Gasteiger partial charge in [-0.15, -0.1) is 6.42 Å². The van der Waals surface area contributed by atoms with Gasteiger partial charge in [0.1, 0.15) is 0 Å². The Morgan fingerprint density at radius 3 is 2.74 bits per heavy atom. The Labute approximate surface area is 116 Å². The first-order valence-corrected chi connectivity index (χ1v) is 7.68. The molecule has 0 radical (unpaired) electrons. The molecule has 0 saturated heterocycles. The van der Waals surface area contributed by atoms with Gasteiger partial charge in [-0.1, -0.05) is 37.7 Å². The van der Waals surface area contributed by atoms with Crippen molar-refractivity contribution in [1.29, 1.82) is 0 Å². The molecule has 2 aliphatic rings. The predicted molar refractivity (Wildman–Crippen MR) is 81.1 cm³/mol. The molecule has 19 heavy (non-hydrogen) atoms. The quantitative estimate of drug-likeness (QED) is 0.768. The third-order valence-electron chi connectivity index (χ3n) is 4.94. The van der Waals surface area contributed by atoms with Crippen LogP contribution in [0.3, 0.4) is 0 Å². The van der Waals surface area contributed by atoms with Gasteiger partial charge in [0, 0.05) is 17.3 Å². The van der Waals surface area contributed by atoms with Gasteiger partial charge in [0.25, 0.3) is 0 Å². The molecule has 1 heteroatoms. The SMILES string of the molecule is C#Cc1cccc(NC2CCC3CCCCC3C2)c1.